The highest BCUT2D eigenvalue weighted by Gasteiger charge is 2.24. The van der Waals surface area contributed by atoms with Crippen molar-refractivity contribution in [3.63, 3.8) is 0 Å². The first-order chi connectivity index (χ1) is 9.47. The Hall–Kier alpha value is -0.590. The maximum absolute atomic E-state index is 12.0. The third-order valence-corrected chi connectivity index (χ3v) is 5.09. The van der Waals surface area contributed by atoms with Crippen LogP contribution >= 0.6 is 47.8 Å². The van der Waals surface area contributed by atoms with Crippen molar-refractivity contribution >= 4 is 53.8 Å². The summed E-state index contributed by atoms with van der Waals surface area (Å²) in [7, 11) is 1.82. The van der Waals surface area contributed by atoms with E-state index in [2.05, 4.69) is 47.8 Å². The Morgan fingerprint density at radius 1 is 1.20 bits per heavy atom. The minimum Gasteiger partial charge on any atom is -0.461 e. The molecule has 0 unspecified atom stereocenters. The molecule has 0 atom stereocenters. The first kappa shape index (κ1) is 15.8. The van der Waals surface area contributed by atoms with E-state index in [4.69, 9.17) is 4.74 Å². The minimum atomic E-state index is -0.342. The number of nitrogens with zero attached hydrogens (tertiary/aromatic N) is 1. The van der Waals surface area contributed by atoms with Gasteiger partial charge in [0.15, 0.2) is 0 Å². The molecule has 0 fully saturated rings. The predicted molar refractivity (Wildman–Crippen MR) is 89.9 cm³/mol. The second-order valence-corrected chi connectivity index (χ2v) is 6.57. The molecule has 1 aromatic carbocycles. The van der Waals surface area contributed by atoms with Crippen LogP contribution in [0, 0.1) is 0 Å². The first-order valence-electron chi connectivity index (χ1n) is 5.94. The fraction of sp³-hybridized carbons (Fsp3) is 0.214. The van der Waals surface area contributed by atoms with Gasteiger partial charge in [0.2, 0.25) is 0 Å². The van der Waals surface area contributed by atoms with Crippen LogP contribution < -0.4 is 0 Å². The first-order valence-corrected chi connectivity index (χ1v) is 8.32. The van der Waals surface area contributed by atoms with E-state index in [0.717, 1.165) is 24.7 Å². The lowest BCUT2D eigenvalue weighted by atomic mass is 10.1. The number of esters is 1. The molecule has 0 bridgehead atoms. The van der Waals surface area contributed by atoms with E-state index in [1.165, 1.54) is 0 Å². The highest BCUT2D eigenvalue weighted by atomic mass is 79.9. The molecule has 0 aliphatic rings. The molecule has 2 aromatic rings. The van der Waals surface area contributed by atoms with Gasteiger partial charge >= 0.3 is 5.97 Å². The summed E-state index contributed by atoms with van der Waals surface area (Å²) in [6, 6.07) is 7.91. The van der Waals surface area contributed by atoms with Crippen LogP contribution in [0.2, 0.25) is 0 Å². The van der Waals surface area contributed by atoms with Crippen molar-refractivity contribution in [2.45, 2.75) is 6.92 Å². The molecule has 0 aliphatic carbocycles. The van der Waals surface area contributed by atoms with Crippen LogP contribution in [-0.2, 0) is 11.8 Å². The molecule has 0 saturated carbocycles. The average molecular weight is 466 g/mol. The fourth-order valence-corrected chi connectivity index (χ4v) is 3.89. The molecule has 0 spiro atoms. The monoisotopic (exact) mass is 463 g/mol. The molecule has 0 saturated heterocycles. The smallest absolute Gasteiger partial charge is 0.356 e. The molecule has 0 radical (unpaired) electrons. The number of carbonyl (C=O) groups excluding carboxylic acids is 1. The van der Waals surface area contributed by atoms with Gasteiger partial charge in [-0.1, -0.05) is 28.1 Å². The van der Waals surface area contributed by atoms with Gasteiger partial charge in [-0.3, -0.25) is 0 Å². The third kappa shape index (κ3) is 2.87. The molecule has 106 valence electrons. The summed E-state index contributed by atoms with van der Waals surface area (Å²) in [6.07, 6.45) is 0. The van der Waals surface area contributed by atoms with Crippen molar-refractivity contribution in [2.75, 3.05) is 6.61 Å². The van der Waals surface area contributed by atoms with Crippen LogP contribution in [0.1, 0.15) is 17.4 Å². The zero-order chi connectivity index (χ0) is 14.9. The van der Waals surface area contributed by atoms with E-state index >= 15 is 0 Å². The number of rotatable bonds is 3. The van der Waals surface area contributed by atoms with Gasteiger partial charge in [-0.25, -0.2) is 4.79 Å². The van der Waals surface area contributed by atoms with Crippen LogP contribution in [-0.4, -0.2) is 17.1 Å². The molecular formula is C14H12Br3NO2. The Bertz CT molecular complexity index is 647. The molecule has 6 heteroatoms. The summed E-state index contributed by atoms with van der Waals surface area (Å²) in [6.45, 7) is 2.14. The summed E-state index contributed by atoms with van der Waals surface area (Å²) in [5.74, 6) is -0.342. The largest absolute Gasteiger partial charge is 0.461 e. The summed E-state index contributed by atoms with van der Waals surface area (Å²) in [4.78, 5) is 12.0. The summed E-state index contributed by atoms with van der Waals surface area (Å²) in [5.41, 5.74) is 2.44. The van der Waals surface area contributed by atoms with E-state index in [9.17, 15) is 4.79 Å². The summed E-state index contributed by atoms with van der Waals surface area (Å²) in [5, 5.41) is 0. The van der Waals surface area contributed by atoms with Gasteiger partial charge in [-0.2, -0.15) is 0 Å². The minimum absolute atomic E-state index is 0.342. The molecule has 1 heterocycles. The summed E-state index contributed by atoms with van der Waals surface area (Å²) < 4.78 is 9.44. The number of ether oxygens (including phenoxy) is 1. The number of halogens is 3. The Morgan fingerprint density at radius 3 is 2.35 bits per heavy atom. The lowest BCUT2D eigenvalue weighted by Crippen LogP contribution is -2.10. The quantitative estimate of drug-likeness (QED) is 0.586. The molecule has 3 nitrogen and oxygen atoms in total. The molecular weight excluding hydrogens is 454 g/mol. The van der Waals surface area contributed by atoms with Crippen molar-refractivity contribution < 1.29 is 9.53 Å². The van der Waals surface area contributed by atoms with Crippen LogP contribution in [0.15, 0.2) is 37.8 Å². The lowest BCUT2D eigenvalue weighted by Gasteiger charge is -2.03. The van der Waals surface area contributed by atoms with Crippen LogP contribution in [0.3, 0.4) is 0 Å². The molecule has 0 aliphatic heterocycles. The number of hydrogen-bond donors (Lipinski definition) is 0. The van der Waals surface area contributed by atoms with Gasteiger partial charge < -0.3 is 9.30 Å². The van der Waals surface area contributed by atoms with Gasteiger partial charge in [-0.15, -0.1) is 0 Å². The normalized spacial score (nSPS) is 10.7. The van der Waals surface area contributed by atoms with E-state index in [-0.39, 0.29) is 5.97 Å². The van der Waals surface area contributed by atoms with Gasteiger partial charge in [0.1, 0.15) is 5.69 Å². The van der Waals surface area contributed by atoms with Crippen LogP contribution in [0.25, 0.3) is 11.1 Å². The number of benzene rings is 1. The fourth-order valence-electron chi connectivity index (χ4n) is 1.91. The zero-order valence-corrected chi connectivity index (χ0v) is 15.7. The third-order valence-electron chi connectivity index (χ3n) is 2.87. The second kappa shape index (κ2) is 6.45. The van der Waals surface area contributed by atoms with Crippen LogP contribution in [0.5, 0.6) is 0 Å². The SMILES string of the molecule is CCOC(=O)c1c(Br)c(-c2ccc(Br)cc2)c(Br)n1C. The number of hydrogen-bond acceptors (Lipinski definition) is 2. The van der Waals surface area contributed by atoms with E-state index in [1.807, 2.05) is 31.3 Å². The topological polar surface area (TPSA) is 31.2 Å². The number of aromatic nitrogens is 1. The predicted octanol–water partition coefficient (Wildman–Crippen LogP) is 5.16. The Kier molecular flexibility index (Phi) is 5.09. The van der Waals surface area contributed by atoms with Crippen molar-refractivity contribution in [1.29, 1.82) is 0 Å². The highest BCUT2D eigenvalue weighted by molar-refractivity contribution is 9.11. The van der Waals surface area contributed by atoms with Crippen molar-refractivity contribution in [3.05, 3.63) is 43.5 Å². The molecule has 2 rings (SSSR count). The van der Waals surface area contributed by atoms with Gasteiger partial charge in [0.05, 0.1) is 15.7 Å². The Morgan fingerprint density at radius 2 is 1.80 bits per heavy atom. The van der Waals surface area contributed by atoms with Crippen molar-refractivity contribution in [2.24, 2.45) is 7.05 Å². The molecule has 0 amide bonds. The summed E-state index contributed by atoms with van der Waals surface area (Å²) >= 11 is 10.5. The lowest BCUT2D eigenvalue weighted by molar-refractivity contribution is 0.0514. The maximum atomic E-state index is 12.0. The van der Waals surface area contributed by atoms with Gasteiger partial charge in [-0.05, 0) is 56.5 Å². The second-order valence-electron chi connectivity index (χ2n) is 4.11. The molecule has 20 heavy (non-hydrogen) atoms. The molecule has 1 aromatic heterocycles. The zero-order valence-electron chi connectivity index (χ0n) is 10.9. The molecule has 0 N–H and O–H groups in total. The van der Waals surface area contributed by atoms with Crippen LogP contribution in [0.4, 0.5) is 0 Å². The Balaban J connectivity index is 2.58. The van der Waals surface area contributed by atoms with Gasteiger partial charge in [0.25, 0.3) is 0 Å². The van der Waals surface area contributed by atoms with E-state index in [1.54, 1.807) is 11.5 Å². The average Bonchev–Trinajstić information content (AvgIpc) is 2.62. The van der Waals surface area contributed by atoms with Crippen molar-refractivity contribution in [3.8, 4) is 11.1 Å². The van der Waals surface area contributed by atoms with Gasteiger partial charge in [0, 0.05) is 17.1 Å². The Labute approximate surface area is 142 Å². The van der Waals surface area contributed by atoms with E-state index in [0.29, 0.717) is 12.3 Å². The maximum Gasteiger partial charge on any atom is 0.356 e. The van der Waals surface area contributed by atoms with E-state index < -0.39 is 0 Å². The van der Waals surface area contributed by atoms with Crippen molar-refractivity contribution in [1.82, 2.24) is 4.57 Å². The number of carbonyl (C=O) groups is 1. The highest BCUT2D eigenvalue weighted by Crippen LogP contribution is 2.40. The standard InChI is InChI=1S/C14H12Br3NO2/c1-3-20-14(19)12-11(16)10(13(17)18(12)2)8-4-6-9(15)7-5-8/h4-7H,3H2,1-2H3.